The second-order valence-electron chi connectivity index (χ2n) is 6.24. The molecule has 5 rings (SSSR count). The minimum absolute atomic E-state index is 0. The molecule has 128 valence electrons. The van der Waals surface area contributed by atoms with Crippen LogP contribution in [0, 0.1) is 0 Å². The number of halogens is 2. The van der Waals surface area contributed by atoms with Crippen LogP contribution in [0.4, 0.5) is 0 Å². The van der Waals surface area contributed by atoms with Crippen LogP contribution in [0.15, 0.2) is 77.7 Å². The number of para-hydroxylation sites is 1. The first kappa shape index (κ1) is 16.8. The van der Waals surface area contributed by atoms with Crippen LogP contribution in [0.5, 0.6) is 0 Å². The summed E-state index contributed by atoms with van der Waals surface area (Å²) in [5.41, 5.74) is 4.15. The van der Waals surface area contributed by atoms with Crippen molar-refractivity contribution in [2.75, 3.05) is 0 Å². The molecule has 5 heteroatoms. The van der Waals surface area contributed by atoms with E-state index in [1.807, 2.05) is 52.9 Å². The molecule has 0 spiro atoms. The third-order valence-electron chi connectivity index (χ3n) is 4.76. The molecule has 0 fully saturated rings. The highest BCUT2D eigenvalue weighted by Gasteiger charge is 2.19. The summed E-state index contributed by atoms with van der Waals surface area (Å²) in [6.45, 7) is 0.725. The van der Waals surface area contributed by atoms with E-state index < -0.39 is 0 Å². The van der Waals surface area contributed by atoms with E-state index in [4.69, 9.17) is 11.6 Å². The molecule has 0 aliphatic carbocycles. The largest absolute Gasteiger partial charge is 1.00 e. The Kier molecular flexibility index (Phi) is 4.06. The number of pyridine rings is 2. The first-order valence-electron chi connectivity index (χ1n) is 8.15. The van der Waals surface area contributed by atoms with E-state index in [1.165, 1.54) is 0 Å². The van der Waals surface area contributed by atoms with Gasteiger partial charge in [0.05, 0.1) is 5.52 Å². The maximum absolute atomic E-state index is 12.5. The van der Waals surface area contributed by atoms with Crippen LogP contribution in [0.2, 0.25) is 5.02 Å². The smallest absolute Gasteiger partial charge is 0.256 e. The van der Waals surface area contributed by atoms with Crippen LogP contribution in [0.3, 0.4) is 0 Å². The van der Waals surface area contributed by atoms with E-state index in [0.29, 0.717) is 0 Å². The topological polar surface area (TPSA) is 25.4 Å². The van der Waals surface area contributed by atoms with Crippen molar-refractivity contribution in [2.24, 2.45) is 0 Å². The molecule has 26 heavy (non-hydrogen) atoms. The molecule has 0 unspecified atom stereocenters. The number of rotatable bonds is 2. The quantitative estimate of drug-likeness (QED) is 0.420. The Hall–Kier alpha value is -2.62. The SMILES string of the molecule is O=c1ccc2c3c(cc[n+]2Cc2ccc(Cl)cc2)c2ccccc2n13.[Cl-]. The Labute approximate surface area is 160 Å². The highest BCUT2D eigenvalue weighted by molar-refractivity contribution is 6.30. The van der Waals surface area contributed by atoms with Crippen LogP contribution in [-0.2, 0) is 6.54 Å². The summed E-state index contributed by atoms with van der Waals surface area (Å²) in [4.78, 5) is 12.5. The minimum Gasteiger partial charge on any atom is -1.00 e. The number of hydrogen-bond donors (Lipinski definition) is 0. The van der Waals surface area contributed by atoms with Gasteiger partial charge in [0.1, 0.15) is 5.52 Å². The zero-order chi connectivity index (χ0) is 17.0. The van der Waals surface area contributed by atoms with Gasteiger partial charge in [-0.25, -0.2) is 0 Å². The molecular weight excluding hydrogens is 367 g/mol. The Bertz CT molecular complexity index is 1290. The first-order chi connectivity index (χ1) is 12.2. The van der Waals surface area contributed by atoms with Gasteiger partial charge in [-0.05, 0) is 18.2 Å². The summed E-state index contributed by atoms with van der Waals surface area (Å²) < 4.78 is 3.99. The van der Waals surface area contributed by atoms with Gasteiger partial charge in [-0.15, -0.1) is 0 Å². The summed E-state index contributed by atoms with van der Waals surface area (Å²) in [5, 5.41) is 2.95. The van der Waals surface area contributed by atoms with Crippen LogP contribution >= 0.6 is 11.6 Å². The van der Waals surface area contributed by atoms with Gasteiger partial charge in [-0.3, -0.25) is 9.20 Å². The summed E-state index contributed by atoms with van der Waals surface area (Å²) in [6, 6.07) is 21.6. The van der Waals surface area contributed by atoms with Crippen molar-refractivity contribution in [3.8, 4) is 0 Å². The van der Waals surface area contributed by atoms with Gasteiger partial charge >= 0.3 is 0 Å². The van der Waals surface area contributed by atoms with Gasteiger partial charge in [0.25, 0.3) is 5.56 Å². The normalized spacial score (nSPS) is 11.3. The summed E-state index contributed by atoms with van der Waals surface area (Å²) >= 11 is 5.98. The molecule has 0 saturated carbocycles. The second-order valence-corrected chi connectivity index (χ2v) is 6.68. The summed E-state index contributed by atoms with van der Waals surface area (Å²) in [6.07, 6.45) is 2.09. The van der Waals surface area contributed by atoms with E-state index >= 15 is 0 Å². The zero-order valence-electron chi connectivity index (χ0n) is 13.7. The van der Waals surface area contributed by atoms with E-state index in [1.54, 1.807) is 6.07 Å². The van der Waals surface area contributed by atoms with Gasteiger partial charge in [-0.2, -0.15) is 4.57 Å². The number of aromatic nitrogens is 2. The fourth-order valence-electron chi connectivity index (χ4n) is 3.62. The standard InChI is InChI=1S/C21H14ClN2O.ClH/c22-15-7-5-14(6-8-15)13-23-12-11-17-16-3-1-2-4-18(16)24-20(25)10-9-19(23)21(17)24;/h1-12H,13H2;1H/q+1;/p-1. The number of benzene rings is 2. The van der Waals surface area contributed by atoms with E-state index in [2.05, 4.69) is 22.9 Å². The van der Waals surface area contributed by atoms with E-state index in [-0.39, 0.29) is 18.0 Å². The van der Waals surface area contributed by atoms with Crippen molar-refractivity contribution in [1.29, 1.82) is 0 Å². The third-order valence-corrected chi connectivity index (χ3v) is 5.01. The van der Waals surface area contributed by atoms with Gasteiger partial charge in [0, 0.05) is 39.6 Å². The summed E-state index contributed by atoms with van der Waals surface area (Å²) in [5.74, 6) is 0. The fourth-order valence-corrected chi connectivity index (χ4v) is 3.75. The van der Waals surface area contributed by atoms with Crippen molar-refractivity contribution in [3.05, 3.63) is 93.9 Å². The molecule has 0 bridgehead atoms. The predicted octanol–water partition coefficient (Wildman–Crippen LogP) is 1.04. The van der Waals surface area contributed by atoms with Crippen molar-refractivity contribution in [3.63, 3.8) is 0 Å². The Balaban J connectivity index is 0.00000168. The van der Waals surface area contributed by atoms with Crippen LogP contribution in [0.1, 0.15) is 5.56 Å². The molecule has 5 aromatic rings. The molecule has 0 amide bonds. The van der Waals surface area contributed by atoms with Gasteiger partial charge < -0.3 is 12.4 Å². The van der Waals surface area contributed by atoms with Crippen LogP contribution in [-0.4, -0.2) is 4.40 Å². The average molecular weight is 381 g/mol. The lowest BCUT2D eigenvalue weighted by atomic mass is 10.1. The molecule has 2 aromatic carbocycles. The number of hydrogen-bond acceptors (Lipinski definition) is 1. The maximum Gasteiger partial charge on any atom is 0.256 e. The lowest BCUT2D eigenvalue weighted by Crippen LogP contribution is -3.00. The highest BCUT2D eigenvalue weighted by Crippen LogP contribution is 2.28. The molecular formula is C21H14Cl2N2O. The first-order valence-corrected chi connectivity index (χ1v) is 8.52. The van der Waals surface area contributed by atoms with Crippen molar-refractivity contribution in [1.82, 2.24) is 4.40 Å². The highest BCUT2D eigenvalue weighted by atomic mass is 35.5. The van der Waals surface area contributed by atoms with Crippen LogP contribution in [0.25, 0.3) is 27.3 Å². The van der Waals surface area contributed by atoms with Crippen LogP contribution < -0.4 is 22.5 Å². The van der Waals surface area contributed by atoms with Gasteiger partial charge in [-0.1, -0.05) is 41.9 Å². The van der Waals surface area contributed by atoms with E-state index in [9.17, 15) is 4.79 Å². The molecule has 3 heterocycles. The van der Waals surface area contributed by atoms with E-state index in [0.717, 1.165) is 44.5 Å². The van der Waals surface area contributed by atoms with Gasteiger partial charge in [0.2, 0.25) is 5.52 Å². The Morgan fingerprint density at radius 2 is 1.65 bits per heavy atom. The average Bonchev–Trinajstić information content (AvgIpc) is 2.97. The zero-order valence-corrected chi connectivity index (χ0v) is 15.2. The third kappa shape index (κ3) is 2.44. The molecule has 0 aliphatic rings. The Morgan fingerprint density at radius 1 is 0.885 bits per heavy atom. The monoisotopic (exact) mass is 380 g/mol. The lowest BCUT2D eigenvalue weighted by molar-refractivity contribution is -0.662. The van der Waals surface area contributed by atoms with Crippen molar-refractivity contribution >= 4 is 38.9 Å². The molecule has 0 radical (unpaired) electrons. The number of nitrogens with zero attached hydrogens (tertiary/aromatic N) is 2. The molecule has 0 aliphatic heterocycles. The fraction of sp³-hybridized carbons (Fsp3) is 0.0476. The second kappa shape index (κ2) is 6.27. The maximum atomic E-state index is 12.5. The van der Waals surface area contributed by atoms with Gasteiger partial charge in [0.15, 0.2) is 12.7 Å². The molecule has 0 saturated heterocycles. The molecule has 3 nitrogen and oxygen atoms in total. The molecule has 0 N–H and O–H groups in total. The molecule has 3 aromatic heterocycles. The number of fused-ring (bicyclic) bond motifs is 3. The predicted molar refractivity (Wildman–Crippen MR) is 101 cm³/mol. The lowest BCUT2D eigenvalue weighted by Gasteiger charge is -2.03. The minimum atomic E-state index is 0. The molecule has 0 atom stereocenters. The Morgan fingerprint density at radius 3 is 2.46 bits per heavy atom. The van der Waals surface area contributed by atoms with Crippen molar-refractivity contribution < 1.29 is 17.0 Å². The van der Waals surface area contributed by atoms with Crippen molar-refractivity contribution in [2.45, 2.75) is 6.54 Å². The summed E-state index contributed by atoms with van der Waals surface area (Å²) in [7, 11) is 0.